The maximum atomic E-state index is 11.3. The van der Waals surface area contributed by atoms with E-state index < -0.39 is 0 Å². The van der Waals surface area contributed by atoms with Crippen molar-refractivity contribution in [3.8, 4) is 0 Å². The topological polar surface area (TPSA) is 97.8 Å². The Hall–Kier alpha value is -2.04. The molecular formula is C8H8N4O. The van der Waals surface area contributed by atoms with Crippen LogP contribution in [0, 0.1) is 0 Å². The van der Waals surface area contributed by atoms with Gasteiger partial charge in [0.25, 0.3) is 5.56 Å². The molecule has 1 aromatic heterocycles. The number of hydrogen-bond acceptors (Lipinski definition) is 4. The molecule has 13 heavy (non-hydrogen) atoms. The van der Waals surface area contributed by atoms with Gasteiger partial charge in [-0.15, -0.1) is 0 Å². The first-order chi connectivity index (χ1) is 6.20. The molecule has 0 aliphatic carbocycles. The minimum absolute atomic E-state index is 0.284. The third-order valence-corrected chi connectivity index (χ3v) is 1.89. The van der Waals surface area contributed by atoms with Gasteiger partial charge in [-0.25, -0.2) is 0 Å². The summed E-state index contributed by atoms with van der Waals surface area (Å²) in [6.07, 6.45) is 1.33. The van der Waals surface area contributed by atoms with Crippen LogP contribution in [0.4, 0.5) is 11.4 Å². The summed E-state index contributed by atoms with van der Waals surface area (Å²) in [5.74, 6) is 0. The number of nitrogens with zero attached hydrogens (tertiary/aromatic N) is 1. The van der Waals surface area contributed by atoms with Crippen molar-refractivity contribution in [2.24, 2.45) is 0 Å². The highest BCUT2D eigenvalue weighted by molar-refractivity contribution is 5.95. The molecule has 0 fully saturated rings. The molecule has 0 unspecified atom stereocenters. The number of anilines is 2. The van der Waals surface area contributed by atoms with Crippen LogP contribution in [0.3, 0.4) is 0 Å². The van der Waals surface area contributed by atoms with E-state index in [0.717, 1.165) is 0 Å². The summed E-state index contributed by atoms with van der Waals surface area (Å²) in [6, 6.07) is 3.34. The van der Waals surface area contributed by atoms with E-state index in [-0.39, 0.29) is 11.2 Å². The summed E-state index contributed by atoms with van der Waals surface area (Å²) >= 11 is 0. The summed E-state index contributed by atoms with van der Waals surface area (Å²) in [6.45, 7) is 0. The Labute approximate surface area is 73.4 Å². The summed E-state index contributed by atoms with van der Waals surface area (Å²) in [5, 5.41) is 0.350. The van der Waals surface area contributed by atoms with Gasteiger partial charge in [-0.1, -0.05) is 0 Å². The zero-order valence-corrected chi connectivity index (χ0v) is 6.74. The molecule has 0 radical (unpaired) electrons. The Balaban J connectivity index is 3.06. The molecule has 66 valence electrons. The minimum Gasteiger partial charge on any atom is -0.397 e. The van der Waals surface area contributed by atoms with Crippen molar-refractivity contribution in [3.05, 3.63) is 28.8 Å². The van der Waals surface area contributed by atoms with Crippen molar-refractivity contribution in [1.82, 2.24) is 9.97 Å². The predicted octanol–water partition coefficient (Wildman–Crippen LogP) is 0.0875. The van der Waals surface area contributed by atoms with Gasteiger partial charge in [-0.05, 0) is 12.1 Å². The lowest BCUT2D eigenvalue weighted by Crippen LogP contribution is -2.10. The van der Waals surface area contributed by atoms with E-state index in [9.17, 15) is 4.79 Å². The van der Waals surface area contributed by atoms with Crippen LogP contribution < -0.4 is 17.0 Å². The first-order valence-corrected chi connectivity index (χ1v) is 3.71. The van der Waals surface area contributed by atoms with Crippen LogP contribution in [0.2, 0.25) is 0 Å². The van der Waals surface area contributed by atoms with E-state index in [1.165, 1.54) is 6.33 Å². The molecule has 0 spiro atoms. The largest absolute Gasteiger partial charge is 0.397 e. The highest BCUT2D eigenvalue weighted by atomic mass is 16.1. The summed E-state index contributed by atoms with van der Waals surface area (Å²) in [7, 11) is 0. The van der Waals surface area contributed by atoms with Gasteiger partial charge < -0.3 is 16.5 Å². The minimum atomic E-state index is -0.362. The summed E-state index contributed by atoms with van der Waals surface area (Å²) in [4.78, 5) is 17.7. The molecule has 5 nitrogen and oxygen atoms in total. The van der Waals surface area contributed by atoms with Gasteiger partial charge in [0.15, 0.2) is 0 Å². The van der Waals surface area contributed by atoms with E-state index in [1.54, 1.807) is 12.1 Å². The lowest BCUT2D eigenvalue weighted by atomic mass is 10.2. The van der Waals surface area contributed by atoms with Gasteiger partial charge in [0, 0.05) is 0 Å². The molecule has 0 saturated carbocycles. The van der Waals surface area contributed by atoms with Gasteiger partial charge in [-0.2, -0.15) is 4.98 Å². The lowest BCUT2D eigenvalue weighted by Gasteiger charge is -2.02. The molecule has 0 bridgehead atoms. The average Bonchev–Trinajstić information content (AvgIpc) is 2.12. The fraction of sp³-hybridized carbons (Fsp3) is 0. The Morgan fingerprint density at radius 2 is 2.08 bits per heavy atom. The van der Waals surface area contributed by atoms with Crippen LogP contribution in [-0.4, -0.2) is 9.97 Å². The molecule has 2 rings (SSSR count). The van der Waals surface area contributed by atoms with Gasteiger partial charge in [0.2, 0.25) is 0 Å². The van der Waals surface area contributed by atoms with E-state index >= 15 is 0 Å². The SMILES string of the molecule is Nc1ccc2[nH]cnc(=O)c2c1N. The maximum absolute atomic E-state index is 11.3. The average molecular weight is 176 g/mol. The van der Waals surface area contributed by atoms with Gasteiger partial charge >= 0.3 is 0 Å². The van der Waals surface area contributed by atoms with E-state index in [2.05, 4.69) is 9.97 Å². The number of hydrogen-bond donors (Lipinski definition) is 3. The van der Waals surface area contributed by atoms with Crippen LogP contribution >= 0.6 is 0 Å². The third kappa shape index (κ3) is 1.01. The number of nitrogens with one attached hydrogen (secondary N) is 1. The van der Waals surface area contributed by atoms with Gasteiger partial charge in [0.1, 0.15) is 0 Å². The number of fused-ring (bicyclic) bond motifs is 1. The molecule has 2 aromatic rings. The number of H-pyrrole nitrogens is 1. The summed E-state index contributed by atoms with van der Waals surface area (Å²) < 4.78 is 0. The zero-order valence-electron chi connectivity index (χ0n) is 6.74. The van der Waals surface area contributed by atoms with Crippen molar-refractivity contribution in [3.63, 3.8) is 0 Å². The highest BCUT2D eigenvalue weighted by Gasteiger charge is 2.05. The lowest BCUT2D eigenvalue weighted by molar-refractivity contribution is 1.17. The number of nitrogen functional groups attached to an aromatic ring is 2. The molecule has 0 atom stereocenters. The van der Waals surface area contributed by atoms with Crippen LogP contribution in [0.25, 0.3) is 10.9 Å². The molecule has 1 aromatic carbocycles. The smallest absolute Gasteiger partial charge is 0.282 e. The Morgan fingerprint density at radius 3 is 2.85 bits per heavy atom. The monoisotopic (exact) mass is 176 g/mol. The molecule has 0 amide bonds. The number of rotatable bonds is 0. The first-order valence-electron chi connectivity index (χ1n) is 3.71. The van der Waals surface area contributed by atoms with Crippen LogP contribution in [0.5, 0.6) is 0 Å². The number of nitrogens with two attached hydrogens (primary N) is 2. The maximum Gasteiger partial charge on any atom is 0.282 e. The molecule has 0 aliphatic rings. The second kappa shape index (κ2) is 2.48. The normalized spacial score (nSPS) is 10.5. The first kappa shape index (κ1) is 7.60. The van der Waals surface area contributed by atoms with Gasteiger partial charge in [0.05, 0.1) is 28.6 Å². The van der Waals surface area contributed by atoms with Crippen molar-refractivity contribution in [2.75, 3.05) is 11.5 Å². The van der Waals surface area contributed by atoms with E-state index in [4.69, 9.17) is 11.5 Å². The number of aromatic nitrogens is 2. The number of benzene rings is 1. The third-order valence-electron chi connectivity index (χ3n) is 1.89. The molecular weight excluding hydrogens is 168 g/mol. The zero-order chi connectivity index (χ0) is 9.42. The Bertz CT molecular complexity index is 517. The molecule has 1 heterocycles. The fourth-order valence-corrected chi connectivity index (χ4v) is 1.21. The fourth-order valence-electron chi connectivity index (χ4n) is 1.21. The van der Waals surface area contributed by atoms with Crippen LogP contribution in [0.1, 0.15) is 0 Å². The molecule has 5 heteroatoms. The van der Waals surface area contributed by atoms with Crippen molar-refractivity contribution in [2.45, 2.75) is 0 Å². The van der Waals surface area contributed by atoms with Crippen molar-refractivity contribution >= 4 is 22.3 Å². The van der Waals surface area contributed by atoms with E-state index in [1.807, 2.05) is 0 Å². The molecule has 0 saturated heterocycles. The van der Waals surface area contributed by atoms with Gasteiger partial charge in [-0.3, -0.25) is 4.79 Å². The van der Waals surface area contributed by atoms with Crippen molar-refractivity contribution < 1.29 is 0 Å². The quantitative estimate of drug-likeness (QED) is 0.495. The highest BCUT2D eigenvalue weighted by Crippen LogP contribution is 2.21. The number of aromatic amines is 1. The summed E-state index contributed by atoms with van der Waals surface area (Å²) in [5.41, 5.74) is 12.1. The van der Waals surface area contributed by atoms with E-state index in [0.29, 0.717) is 16.6 Å². The van der Waals surface area contributed by atoms with Crippen molar-refractivity contribution in [1.29, 1.82) is 0 Å². The van der Waals surface area contributed by atoms with Crippen LogP contribution in [-0.2, 0) is 0 Å². The Kier molecular flexibility index (Phi) is 1.45. The molecule has 5 N–H and O–H groups in total. The molecule has 0 aliphatic heterocycles. The Morgan fingerprint density at radius 1 is 1.31 bits per heavy atom. The second-order valence-electron chi connectivity index (χ2n) is 2.70. The second-order valence-corrected chi connectivity index (χ2v) is 2.70. The predicted molar refractivity (Wildman–Crippen MR) is 51.2 cm³/mol. The van der Waals surface area contributed by atoms with Crippen LogP contribution in [0.15, 0.2) is 23.3 Å². The standard InChI is InChI=1S/C8H8N4O/c9-4-1-2-5-6(7(4)10)8(13)12-3-11-5/h1-3H,9-10H2,(H,11,12,13).